The average molecular weight is 480 g/mol. The summed E-state index contributed by atoms with van der Waals surface area (Å²) in [7, 11) is 1.96. The Morgan fingerprint density at radius 2 is 1.86 bits per heavy atom. The summed E-state index contributed by atoms with van der Waals surface area (Å²) in [6.45, 7) is 0.977. The van der Waals surface area contributed by atoms with Crippen molar-refractivity contribution in [3.8, 4) is 39.7 Å². The van der Waals surface area contributed by atoms with Crippen LogP contribution >= 0.6 is 0 Å². The van der Waals surface area contributed by atoms with Gasteiger partial charge in [0.2, 0.25) is 5.82 Å². The third-order valence-electron chi connectivity index (χ3n) is 6.71. The first-order chi connectivity index (χ1) is 17.7. The van der Waals surface area contributed by atoms with Crippen LogP contribution in [0.15, 0.2) is 73.2 Å². The zero-order chi connectivity index (χ0) is 24.5. The predicted molar refractivity (Wildman–Crippen MR) is 142 cm³/mol. The molecule has 0 saturated heterocycles. The largest absolute Gasteiger partial charge is 0.492 e. The maximum absolute atomic E-state index is 5.70. The second kappa shape index (κ2) is 9.47. The molecule has 5 aromatic rings. The number of nitrogens with one attached hydrogen (secondary N) is 1. The lowest BCUT2D eigenvalue weighted by atomic mass is 9.93. The minimum Gasteiger partial charge on any atom is -0.492 e. The van der Waals surface area contributed by atoms with Crippen molar-refractivity contribution in [1.82, 2.24) is 24.1 Å². The van der Waals surface area contributed by atoms with Crippen molar-refractivity contribution in [1.29, 1.82) is 0 Å². The molecular weight excluding hydrogens is 450 g/mol. The number of nitrogens with two attached hydrogens (primary N) is 1. The van der Waals surface area contributed by atoms with E-state index in [1.54, 1.807) is 6.20 Å². The van der Waals surface area contributed by atoms with Gasteiger partial charge in [-0.05, 0) is 42.5 Å². The molecule has 0 spiro atoms. The van der Waals surface area contributed by atoms with Crippen molar-refractivity contribution < 1.29 is 4.74 Å². The number of nitrogens with zero attached hydrogens (tertiary/aromatic N) is 5. The third kappa shape index (κ3) is 4.09. The van der Waals surface area contributed by atoms with Crippen molar-refractivity contribution in [3.05, 3.63) is 73.2 Å². The molecule has 182 valence electrons. The molecule has 1 saturated carbocycles. The van der Waals surface area contributed by atoms with Gasteiger partial charge in [0.05, 0.1) is 0 Å². The van der Waals surface area contributed by atoms with Crippen LogP contribution in [-0.4, -0.2) is 43.3 Å². The third-order valence-corrected chi connectivity index (χ3v) is 6.71. The highest BCUT2D eigenvalue weighted by Gasteiger charge is 2.25. The van der Waals surface area contributed by atoms with Gasteiger partial charge in [-0.15, -0.1) is 5.10 Å². The van der Waals surface area contributed by atoms with E-state index < -0.39 is 0 Å². The van der Waals surface area contributed by atoms with Crippen LogP contribution in [0, 0.1) is 0 Å². The summed E-state index contributed by atoms with van der Waals surface area (Å²) >= 11 is 0. The van der Waals surface area contributed by atoms with Crippen molar-refractivity contribution in [2.75, 3.05) is 18.5 Å². The molecule has 1 aliphatic rings. The van der Waals surface area contributed by atoms with Gasteiger partial charge in [-0.1, -0.05) is 42.5 Å². The van der Waals surface area contributed by atoms with Crippen molar-refractivity contribution in [2.45, 2.75) is 25.3 Å². The minimum atomic E-state index is 0.416. The van der Waals surface area contributed by atoms with Crippen molar-refractivity contribution in [3.63, 3.8) is 0 Å². The van der Waals surface area contributed by atoms with Gasteiger partial charge in [0.1, 0.15) is 17.9 Å². The number of hydrogen-bond acceptors (Lipinski definition) is 6. The molecule has 8 nitrogen and oxygen atoms in total. The maximum atomic E-state index is 5.70. The van der Waals surface area contributed by atoms with Crippen molar-refractivity contribution >= 4 is 11.3 Å². The summed E-state index contributed by atoms with van der Waals surface area (Å²) in [5.41, 5.74) is 10.9. The van der Waals surface area contributed by atoms with Gasteiger partial charge in [0.25, 0.3) is 0 Å². The average Bonchev–Trinajstić information content (AvgIpc) is 3.49. The van der Waals surface area contributed by atoms with Crippen LogP contribution in [0.4, 0.5) is 5.82 Å². The Morgan fingerprint density at radius 1 is 1.06 bits per heavy atom. The first-order valence-electron chi connectivity index (χ1n) is 12.4. The molecule has 0 aliphatic heterocycles. The lowest BCUT2D eigenvalue weighted by molar-refractivity contribution is 0.328. The SMILES string of the molecule is Cn1ccnc1-c1nc(NC2CCC2)c2c(-c3ccccc3)c(-c3ccc(OCCN)cc3)cn2n1. The molecule has 3 heterocycles. The lowest BCUT2D eigenvalue weighted by Gasteiger charge is -2.27. The van der Waals surface area contributed by atoms with E-state index in [4.69, 9.17) is 20.6 Å². The molecule has 0 bridgehead atoms. The molecule has 8 heteroatoms. The number of rotatable bonds is 8. The molecule has 2 aromatic carbocycles. The highest BCUT2D eigenvalue weighted by atomic mass is 16.5. The minimum absolute atomic E-state index is 0.416. The zero-order valence-corrected chi connectivity index (χ0v) is 20.3. The van der Waals surface area contributed by atoms with Crippen LogP contribution in [0.2, 0.25) is 0 Å². The van der Waals surface area contributed by atoms with Gasteiger partial charge in [-0.25, -0.2) is 14.5 Å². The number of aryl methyl sites for hydroxylation is 1. The Labute approximate surface area is 209 Å². The van der Waals surface area contributed by atoms with Crippen LogP contribution in [0.3, 0.4) is 0 Å². The van der Waals surface area contributed by atoms with E-state index in [9.17, 15) is 0 Å². The quantitative estimate of drug-likeness (QED) is 0.333. The summed E-state index contributed by atoms with van der Waals surface area (Å²) < 4.78 is 9.59. The summed E-state index contributed by atoms with van der Waals surface area (Å²) in [5, 5.41) is 8.63. The molecule has 3 N–H and O–H groups in total. The standard InChI is InChI=1S/C28H29N7O/c1-34-16-15-30-28(34)27-32-26(31-21-8-5-9-21)25-24(20-6-3-2-4-7-20)23(18-35(25)33-27)19-10-12-22(13-11-19)36-17-14-29/h2-4,6-7,10-13,15-16,18,21H,5,8-9,14,17,29H2,1H3,(H,31,32,33). The maximum Gasteiger partial charge on any atom is 0.218 e. The van der Waals surface area contributed by atoms with E-state index in [0.717, 1.165) is 58.0 Å². The molecule has 1 aliphatic carbocycles. The molecule has 0 unspecified atom stereocenters. The van der Waals surface area contributed by atoms with Crippen LogP contribution < -0.4 is 15.8 Å². The number of benzene rings is 2. The van der Waals surface area contributed by atoms with E-state index in [1.807, 2.05) is 40.5 Å². The summed E-state index contributed by atoms with van der Waals surface area (Å²) in [6, 6.07) is 19.0. The summed E-state index contributed by atoms with van der Waals surface area (Å²) in [5.74, 6) is 2.95. The molecule has 6 rings (SSSR count). The molecule has 3 aromatic heterocycles. The van der Waals surface area contributed by atoms with Gasteiger partial charge < -0.3 is 20.4 Å². The number of anilines is 1. The van der Waals surface area contributed by atoms with Gasteiger partial charge >= 0.3 is 0 Å². The molecule has 0 atom stereocenters. The van der Waals surface area contributed by atoms with Gasteiger partial charge in [-0.3, -0.25) is 0 Å². The van der Waals surface area contributed by atoms with Crippen LogP contribution in [0.5, 0.6) is 5.75 Å². The number of aromatic nitrogens is 5. The fourth-order valence-corrected chi connectivity index (χ4v) is 4.63. The Bertz CT molecular complexity index is 1480. The highest BCUT2D eigenvalue weighted by Crippen LogP contribution is 2.41. The molecule has 1 fully saturated rings. The molecule has 0 radical (unpaired) electrons. The fourth-order valence-electron chi connectivity index (χ4n) is 4.63. The number of ether oxygens (including phenoxy) is 1. The number of hydrogen-bond donors (Lipinski definition) is 2. The Balaban J connectivity index is 1.57. The van der Waals surface area contributed by atoms with Crippen molar-refractivity contribution in [2.24, 2.45) is 12.8 Å². The number of fused-ring (bicyclic) bond motifs is 1. The van der Waals surface area contributed by atoms with Crippen LogP contribution in [0.1, 0.15) is 19.3 Å². The van der Waals surface area contributed by atoms with Gasteiger partial charge in [0, 0.05) is 49.4 Å². The zero-order valence-electron chi connectivity index (χ0n) is 20.3. The monoisotopic (exact) mass is 479 g/mol. The van der Waals surface area contributed by atoms with E-state index in [0.29, 0.717) is 25.0 Å². The Morgan fingerprint density at radius 3 is 2.53 bits per heavy atom. The van der Waals surface area contributed by atoms with Gasteiger partial charge in [-0.2, -0.15) is 0 Å². The van der Waals surface area contributed by atoms with Crippen LogP contribution in [0.25, 0.3) is 39.4 Å². The van der Waals surface area contributed by atoms with Crippen LogP contribution in [-0.2, 0) is 7.05 Å². The van der Waals surface area contributed by atoms with E-state index in [2.05, 4.69) is 52.9 Å². The molecular formula is C28H29N7O. The smallest absolute Gasteiger partial charge is 0.218 e. The first-order valence-corrected chi connectivity index (χ1v) is 12.4. The topological polar surface area (TPSA) is 95.3 Å². The second-order valence-corrected chi connectivity index (χ2v) is 9.16. The summed E-state index contributed by atoms with van der Waals surface area (Å²) in [4.78, 5) is 9.51. The van der Waals surface area contributed by atoms with E-state index in [-0.39, 0.29) is 0 Å². The normalized spacial score (nSPS) is 13.6. The predicted octanol–water partition coefficient (Wildman–Crippen LogP) is 4.77. The fraction of sp³-hybridized carbons (Fsp3) is 0.250. The molecule has 36 heavy (non-hydrogen) atoms. The lowest BCUT2D eigenvalue weighted by Crippen LogP contribution is -2.28. The Hall–Kier alpha value is -4.17. The van der Waals surface area contributed by atoms with E-state index >= 15 is 0 Å². The summed E-state index contributed by atoms with van der Waals surface area (Å²) in [6.07, 6.45) is 9.30. The number of imidazole rings is 1. The molecule has 0 amide bonds. The Kier molecular flexibility index (Phi) is 5.87. The highest BCUT2D eigenvalue weighted by molar-refractivity contribution is 5.99. The first kappa shape index (κ1) is 22.3. The van der Waals surface area contributed by atoms with Gasteiger partial charge in [0.15, 0.2) is 11.6 Å². The second-order valence-electron chi connectivity index (χ2n) is 9.16. The van der Waals surface area contributed by atoms with E-state index in [1.165, 1.54) is 6.42 Å².